The molecule has 1 amide bonds. The van der Waals surface area contributed by atoms with Crippen molar-refractivity contribution in [1.82, 2.24) is 0 Å². The fraction of sp³-hybridized carbons (Fsp3) is 0. The van der Waals surface area contributed by atoms with Crippen molar-refractivity contribution in [3.8, 4) is 6.07 Å². The van der Waals surface area contributed by atoms with E-state index in [9.17, 15) is 14.9 Å². The number of rotatable bonds is 5. The fourth-order valence-electron chi connectivity index (χ4n) is 1.82. The number of benzene rings is 2. The minimum atomic E-state index is -0.753. The van der Waals surface area contributed by atoms with E-state index in [1.54, 1.807) is 18.2 Å². The molecule has 0 fully saturated rings. The molecule has 0 spiro atoms. The number of anilines is 2. The van der Waals surface area contributed by atoms with Crippen LogP contribution in [-0.4, -0.2) is 10.8 Å². The molecule has 0 aliphatic heterocycles. The van der Waals surface area contributed by atoms with E-state index in [-0.39, 0.29) is 22.0 Å². The van der Waals surface area contributed by atoms with Gasteiger partial charge >= 0.3 is 0 Å². The molecule has 2 aromatic rings. The molecule has 0 saturated heterocycles. The van der Waals surface area contributed by atoms with Crippen LogP contribution < -0.4 is 10.6 Å². The summed E-state index contributed by atoms with van der Waals surface area (Å²) < 4.78 is 0. The standard InChI is InChI=1S/C16H9Cl3N4O3/c17-12-3-1-10(5-14(12)19)21-8-9(7-20)16(24)22-11-2-4-13(18)15(6-11)23(25)26/h1-6,8,21H,(H,22,24)/b9-8-. The number of hydrogen-bond donors (Lipinski definition) is 2. The summed E-state index contributed by atoms with van der Waals surface area (Å²) in [4.78, 5) is 22.4. The molecule has 0 aliphatic rings. The number of nitrogens with zero attached hydrogens (tertiary/aromatic N) is 2. The van der Waals surface area contributed by atoms with Gasteiger partial charge in [-0.2, -0.15) is 5.26 Å². The molecule has 2 aromatic carbocycles. The average molecular weight is 412 g/mol. The van der Waals surface area contributed by atoms with Gasteiger partial charge in [0.15, 0.2) is 0 Å². The Morgan fingerprint density at radius 1 is 1.08 bits per heavy atom. The summed E-state index contributed by atoms with van der Waals surface area (Å²) >= 11 is 17.4. The molecule has 0 bridgehead atoms. The number of hydrogen-bond acceptors (Lipinski definition) is 5. The van der Waals surface area contributed by atoms with Crippen LogP contribution in [0.3, 0.4) is 0 Å². The molecule has 0 atom stereocenters. The summed E-state index contributed by atoms with van der Waals surface area (Å²) in [5, 5.41) is 25.8. The van der Waals surface area contributed by atoms with Crippen LogP contribution in [-0.2, 0) is 4.79 Å². The van der Waals surface area contributed by atoms with Crippen molar-refractivity contribution in [3.63, 3.8) is 0 Å². The molecule has 26 heavy (non-hydrogen) atoms. The number of nitro benzene ring substituents is 1. The quantitative estimate of drug-likeness (QED) is 0.311. The zero-order valence-electron chi connectivity index (χ0n) is 12.8. The van der Waals surface area contributed by atoms with Gasteiger partial charge in [-0.3, -0.25) is 14.9 Å². The Hall–Kier alpha value is -2.79. The monoisotopic (exact) mass is 410 g/mol. The maximum Gasteiger partial charge on any atom is 0.289 e. The van der Waals surface area contributed by atoms with Crippen LogP contribution in [0, 0.1) is 21.4 Å². The molecule has 0 saturated carbocycles. The van der Waals surface area contributed by atoms with Gasteiger partial charge < -0.3 is 10.6 Å². The first-order chi connectivity index (χ1) is 12.3. The molecule has 0 heterocycles. The van der Waals surface area contributed by atoms with Crippen molar-refractivity contribution < 1.29 is 9.72 Å². The summed E-state index contributed by atoms with van der Waals surface area (Å²) in [7, 11) is 0. The normalized spacial score (nSPS) is 10.8. The summed E-state index contributed by atoms with van der Waals surface area (Å²) in [6.45, 7) is 0. The predicted octanol–water partition coefficient (Wildman–Crippen LogP) is 5.01. The Kier molecular flexibility index (Phi) is 6.41. The summed E-state index contributed by atoms with van der Waals surface area (Å²) in [5.74, 6) is -0.753. The minimum absolute atomic E-state index is 0.0645. The Balaban J connectivity index is 2.16. The van der Waals surface area contributed by atoms with Crippen molar-refractivity contribution in [1.29, 1.82) is 5.26 Å². The van der Waals surface area contributed by atoms with E-state index in [4.69, 9.17) is 40.1 Å². The molecule has 0 aliphatic carbocycles. The first-order valence-corrected chi connectivity index (χ1v) is 8.02. The topological polar surface area (TPSA) is 108 Å². The van der Waals surface area contributed by atoms with Crippen molar-refractivity contribution in [3.05, 3.63) is 73.4 Å². The van der Waals surface area contributed by atoms with Crippen LogP contribution in [0.5, 0.6) is 0 Å². The largest absolute Gasteiger partial charge is 0.360 e. The minimum Gasteiger partial charge on any atom is -0.360 e. The highest BCUT2D eigenvalue weighted by Crippen LogP contribution is 2.28. The Morgan fingerprint density at radius 2 is 1.73 bits per heavy atom. The lowest BCUT2D eigenvalue weighted by atomic mass is 10.2. The molecule has 132 valence electrons. The summed E-state index contributed by atoms with van der Waals surface area (Å²) in [6, 6.07) is 10.2. The number of halogens is 3. The van der Waals surface area contributed by atoms with Crippen LogP contribution in [0.2, 0.25) is 15.1 Å². The smallest absolute Gasteiger partial charge is 0.289 e. The number of carbonyl (C=O) groups excluding carboxylic acids is 1. The molecule has 2 rings (SSSR count). The van der Waals surface area contributed by atoms with Crippen molar-refractivity contribution in [2.24, 2.45) is 0 Å². The fourth-order valence-corrected chi connectivity index (χ4v) is 2.30. The highest BCUT2D eigenvalue weighted by Gasteiger charge is 2.15. The summed E-state index contributed by atoms with van der Waals surface area (Å²) in [6.07, 6.45) is 1.18. The average Bonchev–Trinajstić information content (AvgIpc) is 2.60. The first-order valence-electron chi connectivity index (χ1n) is 6.89. The number of nitrogens with one attached hydrogen (secondary N) is 2. The van der Waals surface area contributed by atoms with Gasteiger partial charge in [0.05, 0.1) is 15.0 Å². The lowest BCUT2D eigenvalue weighted by molar-refractivity contribution is -0.384. The van der Waals surface area contributed by atoms with E-state index in [1.807, 2.05) is 0 Å². The molecule has 0 radical (unpaired) electrons. The van der Waals surface area contributed by atoms with Gasteiger partial charge in [0, 0.05) is 23.6 Å². The highest BCUT2D eigenvalue weighted by atomic mass is 35.5. The summed E-state index contributed by atoms with van der Waals surface area (Å²) in [5.41, 5.74) is 0.0263. The van der Waals surface area contributed by atoms with Gasteiger partial charge in [0.1, 0.15) is 16.7 Å². The number of amides is 1. The van der Waals surface area contributed by atoms with Crippen LogP contribution in [0.4, 0.5) is 17.1 Å². The van der Waals surface area contributed by atoms with Gasteiger partial charge in [0.2, 0.25) is 0 Å². The van der Waals surface area contributed by atoms with Crippen molar-refractivity contribution in [2.45, 2.75) is 0 Å². The van der Waals surface area contributed by atoms with Gasteiger partial charge in [-0.25, -0.2) is 0 Å². The number of nitriles is 1. The Bertz CT molecular complexity index is 954. The number of carbonyl (C=O) groups is 1. The van der Waals surface area contributed by atoms with E-state index >= 15 is 0 Å². The van der Waals surface area contributed by atoms with Crippen LogP contribution in [0.1, 0.15) is 0 Å². The molecule has 2 N–H and O–H groups in total. The second kappa shape index (κ2) is 8.54. The van der Waals surface area contributed by atoms with Crippen molar-refractivity contribution in [2.75, 3.05) is 10.6 Å². The molecule has 10 heteroatoms. The zero-order valence-corrected chi connectivity index (χ0v) is 15.1. The Morgan fingerprint density at radius 3 is 2.35 bits per heavy atom. The second-order valence-electron chi connectivity index (χ2n) is 4.82. The van der Waals surface area contributed by atoms with E-state index in [0.29, 0.717) is 15.7 Å². The van der Waals surface area contributed by atoms with Gasteiger partial charge in [0.25, 0.3) is 11.6 Å². The third kappa shape index (κ3) is 4.86. The van der Waals surface area contributed by atoms with Crippen LogP contribution in [0.25, 0.3) is 0 Å². The molecule has 7 nitrogen and oxygen atoms in total. The van der Waals surface area contributed by atoms with Gasteiger partial charge in [-0.05, 0) is 30.3 Å². The molecule has 0 aromatic heterocycles. The van der Waals surface area contributed by atoms with E-state index in [1.165, 1.54) is 24.4 Å². The van der Waals surface area contributed by atoms with Gasteiger partial charge in [-0.15, -0.1) is 0 Å². The molecule has 0 unspecified atom stereocenters. The third-order valence-electron chi connectivity index (χ3n) is 3.07. The van der Waals surface area contributed by atoms with Gasteiger partial charge in [-0.1, -0.05) is 34.8 Å². The van der Waals surface area contributed by atoms with Crippen LogP contribution in [0.15, 0.2) is 48.2 Å². The lowest BCUT2D eigenvalue weighted by Gasteiger charge is -2.06. The molecular formula is C16H9Cl3N4O3. The maximum absolute atomic E-state index is 12.2. The first kappa shape index (κ1) is 19.5. The second-order valence-corrected chi connectivity index (χ2v) is 6.04. The predicted molar refractivity (Wildman–Crippen MR) is 101 cm³/mol. The van der Waals surface area contributed by atoms with Crippen LogP contribution >= 0.6 is 34.8 Å². The van der Waals surface area contributed by atoms with E-state index in [0.717, 1.165) is 6.07 Å². The zero-order chi connectivity index (χ0) is 19.3. The van der Waals surface area contributed by atoms with Crippen molar-refractivity contribution >= 4 is 57.8 Å². The Labute approximate surface area is 162 Å². The molecular weight excluding hydrogens is 403 g/mol. The number of nitro groups is 1. The third-order valence-corrected chi connectivity index (χ3v) is 4.13. The lowest BCUT2D eigenvalue weighted by Crippen LogP contribution is -2.14. The van der Waals surface area contributed by atoms with E-state index < -0.39 is 10.8 Å². The van der Waals surface area contributed by atoms with E-state index in [2.05, 4.69) is 10.6 Å². The highest BCUT2D eigenvalue weighted by molar-refractivity contribution is 6.42. The maximum atomic E-state index is 12.2. The SMILES string of the molecule is N#C/C(=C/Nc1ccc(Cl)c(Cl)c1)C(=O)Nc1ccc(Cl)c([N+](=O)[O-])c1.